The topological polar surface area (TPSA) is 408 Å². The molecule has 0 aromatic heterocycles. The zero-order valence-electron chi connectivity index (χ0n) is 26.2. The summed E-state index contributed by atoms with van der Waals surface area (Å²) in [5.41, 5.74) is 5.72. The molecule has 3 aliphatic rings. The Bertz CT molecular complexity index is 1140. The molecular weight excluding hydrogens is 692 g/mol. The number of ether oxygens (including phenoxy) is 6. The van der Waals surface area contributed by atoms with E-state index < -0.39 is 154 Å². The normalized spacial score (nSPS) is 41.8. The molecule has 3 saturated heterocycles. The zero-order valence-corrected chi connectivity index (χ0v) is 26.2. The molecule has 8 unspecified atom stereocenters. The molecule has 0 saturated carbocycles. The highest BCUT2D eigenvalue weighted by molar-refractivity contribution is 5.74. The lowest BCUT2D eigenvalue weighted by Crippen LogP contribution is -2.70. The van der Waals surface area contributed by atoms with E-state index >= 15 is 0 Å². The van der Waals surface area contributed by atoms with Gasteiger partial charge in [-0.3, -0.25) is 4.79 Å². The van der Waals surface area contributed by atoms with Crippen LogP contribution in [0.3, 0.4) is 0 Å². The first-order valence-corrected chi connectivity index (χ1v) is 15.1. The summed E-state index contributed by atoms with van der Waals surface area (Å²) in [6.45, 7) is -1.95. The molecule has 290 valence electrons. The Hall–Kier alpha value is -2.31. The van der Waals surface area contributed by atoms with E-state index in [0.717, 1.165) is 6.92 Å². The maximum Gasteiger partial charge on any atom is 0.335 e. The number of aliphatic carboxylic acids is 2. The standard InChI is InChI=1S/C26H44N2O22/c1-5(32)28-9-18(47-25-15(39)12(36)13(37)20(49-25)22(41)42)11(35)8(4-31)45-24(9)48-19-14(38)16(40)26(50-21(19)23(43)44)46-17(6(27)2-29)10(34)7(33)3-30/h6-21,24-26,29-31,33-40H,2-4,27H2,1H3,(H,28,32)(H,41,42)(H,43,44)/t6?,7?,8?,9?,10-,11-,12+,13+,14-,15?,16?,17-,18-,19+,20?,21?,24+,25-,26-/m1/s1. The van der Waals surface area contributed by atoms with Gasteiger partial charge in [0.2, 0.25) is 5.91 Å². The van der Waals surface area contributed by atoms with Crippen molar-refractivity contribution in [2.75, 3.05) is 19.8 Å². The van der Waals surface area contributed by atoms with Crippen molar-refractivity contribution in [1.29, 1.82) is 0 Å². The summed E-state index contributed by atoms with van der Waals surface area (Å²) in [4.78, 5) is 36.1. The lowest BCUT2D eigenvalue weighted by Gasteiger charge is -2.49. The fourth-order valence-electron chi connectivity index (χ4n) is 5.53. The number of carboxylic acids is 2. The minimum atomic E-state index is -2.29. The molecule has 0 radical (unpaired) electrons. The van der Waals surface area contributed by atoms with Crippen LogP contribution in [0.25, 0.3) is 0 Å². The third-order valence-corrected chi connectivity index (χ3v) is 8.25. The summed E-state index contributed by atoms with van der Waals surface area (Å²) in [6.07, 6.45) is -35.2. The molecule has 16 N–H and O–H groups in total. The molecule has 0 spiro atoms. The van der Waals surface area contributed by atoms with Crippen molar-refractivity contribution in [2.24, 2.45) is 5.73 Å². The van der Waals surface area contributed by atoms with Gasteiger partial charge in [0, 0.05) is 6.92 Å². The average molecular weight is 737 g/mol. The minimum absolute atomic E-state index is 0.877. The second-order valence-electron chi connectivity index (χ2n) is 11.8. The first-order valence-electron chi connectivity index (χ1n) is 15.1. The SMILES string of the molecule is CC(=O)NC1[C@H](O[C@@H]2C(C(=O)O)O[C@@H](O[C@H](C(N)CO)[C@H](O)C(O)CO)C(O)[C@H]2O)OC(CO)[C@@H](O)[C@@H]1O[C@@H]1OC(C(=O)O)[C@@H](O)[C@H](O)C1O. The highest BCUT2D eigenvalue weighted by atomic mass is 16.8. The van der Waals surface area contributed by atoms with Crippen molar-refractivity contribution in [3.8, 4) is 0 Å². The van der Waals surface area contributed by atoms with E-state index in [4.69, 9.17) is 34.2 Å². The van der Waals surface area contributed by atoms with Gasteiger partial charge >= 0.3 is 11.9 Å². The summed E-state index contributed by atoms with van der Waals surface area (Å²) in [7, 11) is 0. The average Bonchev–Trinajstić information content (AvgIpc) is 3.07. The van der Waals surface area contributed by atoms with Crippen LogP contribution in [0.5, 0.6) is 0 Å². The smallest absolute Gasteiger partial charge is 0.335 e. The van der Waals surface area contributed by atoms with Crippen LogP contribution in [-0.4, -0.2) is 220 Å². The number of nitrogens with two attached hydrogens (primary N) is 1. The van der Waals surface area contributed by atoms with Crippen molar-refractivity contribution < 1.29 is 109 Å². The first kappa shape index (κ1) is 42.1. The predicted molar refractivity (Wildman–Crippen MR) is 151 cm³/mol. The molecule has 19 atom stereocenters. The fraction of sp³-hybridized carbons (Fsp3) is 0.885. The predicted octanol–water partition coefficient (Wildman–Crippen LogP) is -9.82. The van der Waals surface area contributed by atoms with Crippen molar-refractivity contribution >= 4 is 17.8 Å². The maximum absolute atomic E-state index is 12.3. The second-order valence-corrected chi connectivity index (χ2v) is 11.8. The minimum Gasteiger partial charge on any atom is -0.479 e. The Morgan fingerprint density at radius 2 is 1.28 bits per heavy atom. The number of hydrogen-bond acceptors (Lipinski definition) is 21. The third-order valence-electron chi connectivity index (χ3n) is 8.25. The van der Waals surface area contributed by atoms with Gasteiger partial charge in [-0.05, 0) is 0 Å². The first-order chi connectivity index (χ1) is 23.4. The lowest BCUT2D eigenvalue weighted by molar-refractivity contribution is -0.364. The van der Waals surface area contributed by atoms with Gasteiger partial charge in [-0.2, -0.15) is 0 Å². The Balaban J connectivity index is 1.93. The van der Waals surface area contributed by atoms with E-state index in [-0.39, 0.29) is 0 Å². The van der Waals surface area contributed by atoms with Gasteiger partial charge < -0.3 is 106 Å². The van der Waals surface area contributed by atoms with E-state index in [1.54, 1.807) is 0 Å². The Kier molecular flexibility index (Phi) is 15.1. The molecule has 0 aliphatic carbocycles. The van der Waals surface area contributed by atoms with Gasteiger partial charge in [0.05, 0.1) is 25.9 Å². The number of amides is 1. The summed E-state index contributed by atoms with van der Waals surface area (Å²) < 4.78 is 32.5. The molecule has 24 nitrogen and oxygen atoms in total. The molecule has 24 heteroatoms. The number of hydrogen-bond donors (Lipinski definition) is 15. The van der Waals surface area contributed by atoms with Crippen molar-refractivity contribution in [1.82, 2.24) is 5.32 Å². The third kappa shape index (κ3) is 9.18. The molecule has 0 aromatic rings. The lowest BCUT2D eigenvalue weighted by atomic mass is 9.94. The molecule has 3 fully saturated rings. The van der Waals surface area contributed by atoms with Crippen LogP contribution in [0, 0.1) is 0 Å². The van der Waals surface area contributed by atoms with Crippen LogP contribution < -0.4 is 11.1 Å². The molecule has 3 aliphatic heterocycles. The number of carbonyl (C=O) groups is 3. The Labute approximate surface area is 281 Å². The van der Waals surface area contributed by atoms with E-state index in [2.05, 4.69) is 5.32 Å². The number of rotatable bonds is 15. The molecular formula is C26H44N2O22. The van der Waals surface area contributed by atoms with Crippen molar-refractivity contribution in [2.45, 2.75) is 123 Å². The summed E-state index contributed by atoms with van der Waals surface area (Å²) >= 11 is 0. The quantitative estimate of drug-likeness (QED) is 0.0742. The van der Waals surface area contributed by atoms with Crippen molar-refractivity contribution in [3.05, 3.63) is 0 Å². The van der Waals surface area contributed by atoms with Gasteiger partial charge in [-0.25, -0.2) is 9.59 Å². The number of aliphatic hydroxyl groups is 11. The number of carbonyl (C=O) groups excluding carboxylic acids is 1. The van der Waals surface area contributed by atoms with Gasteiger partial charge in [0.1, 0.15) is 79.3 Å². The van der Waals surface area contributed by atoms with Crippen LogP contribution >= 0.6 is 0 Å². The monoisotopic (exact) mass is 736 g/mol. The summed E-state index contributed by atoms with van der Waals surface area (Å²) in [6, 6.07) is -3.30. The summed E-state index contributed by atoms with van der Waals surface area (Å²) in [5, 5.41) is 134. The Morgan fingerprint density at radius 3 is 1.80 bits per heavy atom. The van der Waals surface area contributed by atoms with Gasteiger partial charge in [0.15, 0.2) is 31.1 Å². The van der Waals surface area contributed by atoms with E-state index in [1.165, 1.54) is 0 Å². The highest BCUT2D eigenvalue weighted by Crippen LogP contribution is 2.33. The maximum atomic E-state index is 12.3. The van der Waals surface area contributed by atoms with Crippen LogP contribution in [0.4, 0.5) is 0 Å². The molecule has 0 aromatic carbocycles. The largest absolute Gasteiger partial charge is 0.479 e. The fourth-order valence-corrected chi connectivity index (χ4v) is 5.53. The Morgan fingerprint density at radius 1 is 0.720 bits per heavy atom. The molecule has 50 heavy (non-hydrogen) atoms. The van der Waals surface area contributed by atoms with Gasteiger partial charge in [-0.15, -0.1) is 0 Å². The summed E-state index contributed by atoms with van der Waals surface area (Å²) in [5.74, 6) is -4.52. The van der Waals surface area contributed by atoms with Crippen LogP contribution in [0.1, 0.15) is 6.92 Å². The van der Waals surface area contributed by atoms with E-state index in [0.29, 0.717) is 0 Å². The highest BCUT2D eigenvalue weighted by Gasteiger charge is 2.56. The van der Waals surface area contributed by atoms with Crippen LogP contribution in [0.15, 0.2) is 0 Å². The van der Waals surface area contributed by atoms with E-state index in [9.17, 15) is 80.8 Å². The van der Waals surface area contributed by atoms with Crippen LogP contribution in [-0.2, 0) is 42.8 Å². The van der Waals surface area contributed by atoms with Gasteiger partial charge in [0.25, 0.3) is 0 Å². The van der Waals surface area contributed by atoms with Gasteiger partial charge in [-0.1, -0.05) is 0 Å². The number of carboxylic acid groups (broad SMARTS) is 2. The number of aliphatic hydroxyl groups excluding tert-OH is 11. The second kappa shape index (κ2) is 17.9. The van der Waals surface area contributed by atoms with E-state index in [1.807, 2.05) is 0 Å². The molecule has 1 amide bonds. The molecule has 0 bridgehead atoms. The molecule has 3 rings (SSSR count). The van der Waals surface area contributed by atoms with Crippen LogP contribution in [0.2, 0.25) is 0 Å². The molecule has 3 heterocycles. The van der Waals surface area contributed by atoms with Crippen molar-refractivity contribution in [3.63, 3.8) is 0 Å². The zero-order chi connectivity index (χ0) is 37.8. The number of nitrogens with one attached hydrogen (secondary N) is 1.